The topological polar surface area (TPSA) is 70.2 Å². The number of nitrogens with one attached hydrogen (secondary N) is 1. The lowest BCUT2D eigenvalue weighted by Gasteiger charge is -2.05. The van der Waals surface area contributed by atoms with Crippen LogP contribution in [0.15, 0.2) is 36.5 Å². The van der Waals surface area contributed by atoms with Gasteiger partial charge in [0.15, 0.2) is 5.78 Å². The zero-order valence-electron chi connectivity index (χ0n) is 10.5. The highest BCUT2D eigenvalue weighted by Crippen LogP contribution is 2.41. The summed E-state index contributed by atoms with van der Waals surface area (Å²) in [5, 5.41) is 9.34. The van der Waals surface area contributed by atoms with Crippen LogP contribution >= 0.6 is 11.6 Å². The predicted molar refractivity (Wildman–Crippen MR) is 74.8 cm³/mol. The van der Waals surface area contributed by atoms with Crippen LogP contribution in [0.1, 0.15) is 16.8 Å². The third-order valence-electron chi connectivity index (χ3n) is 3.59. The lowest BCUT2D eigenvalue weighted by molar-refractivity contribution is -0.138. The number of aromatic nitrogens is 1. The van der Waals surface area contributed by atoms with Gasteiger partial charge in [0.2, 0.25) is 0 Å². The van der Waals surface area contributed by atoms with Crippen molar-refractivity contribution in [3.8, 4) is 11.3 Å². The number of ketones is 1. The van der Waals surface area contributed by atoms with Crippen molar-refractivity contribution in [2.75, 3.05) is 0 Å². The molecule has 2 N–H and O–H groups in total. The molecule has 5 heteroatoms. The Morgan fingerprint density at radius 3 is 2.60 bits per heavy atom. The first-order valence-corrected chi connectivity index (χ1v) is 6.66. The molecule has 2 atom stereocenters. The molecule has 0 aliphatic heterocycles. The molecular weight excluding hydrogens is 278 g/mol. The Balaban J connectivity index is 1.85. The molecule has 0 unspecified atom stereocenters. The fourth-order valence-corrected chi connectivity index (χ4v) is 2.64. The van der Waals surface area contributed by atoms with Crippen LogP contribution in [0.25, 0.3) is 11.3 Å². The zero-order valence-corrected chi connectivity index (χ0v) is 11.2. The molecule has 3 rings (SSSR count). The number of carbonyl (C=O) groups is 2. The summed E-state index contributed by atoms with van der Waals surface area (Å²) in [7, 11) is 0. The minimum Gasteiger partial charge on any atom is -0.481 e. The fourth-order valence-electron chi connectivity index (χ4n) is 2.36. The molecule has 1 fully saturated rings. The quantitative estimate of drug-likeness (QED) is 0.849. The number of rotatable bonds is 4. The highest BCUT2D eigenvalue weighted by molar-refractivity contribution is 6.33. The van der Waals surface area contributed by atoms with Gasteiger partial charge < -0.3 is 10.1 Å². The molecule has 1 aliphatic carbocycles. The van der Waals surface area contributed by atoms with E-state index in [1.165, 1.54) is 0 Å². The van der Waals surface area contributed by atoms with Crippen LogP contribution in [-0.2, 0) is 4.79 Å². The van der Waals surface area contributed by atoms with Gasteiger partial charge in [0.1, 0.15) is 0 Å². The molecule has 1 aromatic heterocycles. The zero-order chi connectivity index (χ0) is 14.3. The largest absolute Gasteiger partial charge is 0.481 e. The van der Waals surface area contributed by atoms with Gasteiger partial charge in [0.05, 0.1) is 10.9 Å². The predicted octanol–water partition coefficient (Wildman–Crippen LogP) is 3.24. The summed E-state index contributed by atoms with van der Waals surface area (Å²) in [6, 6.07) is 8.84. The molecule has 2 aromatic rings. The third-order valence-corrected chi connectivity index (χ3v) is 3.90. The van der Waals surface area contributed by atoms with Crippen molar-refractivity contribution in [3.63, 3.8) is 0 Å². The molecule has 0 spiro atoms. The average molecular weight is 290 g/mol. The van der Waals surface area contributed by atoms with E-state index < -0.39 is 17.8 Å². The number of carboxylic acid groups (broad SMARTS) is 1. The van der Waals surface area contributed by atoms with Crippen LogP contribution in [0.2, 0.25) is 5.02 Å². The van der Waals surface area contributed by atoms with Crippen LogP contribution in [0, 0.1) is 11.8 Å². The van der Waals surface area contributed by atoms with Crippen molar-refractivity contribution in [1.29, 1.82) is 0 Å². The second-order valence-corrected chi connectivity index (χ2v) is 5.34. The molecule has 0 amide bonds. The molecule has 102 valence electrons. The second-order valence-electron chi connectivity index (χ2n) is 4.93. The van der Waals surface area contributed by atoms with E-state index in [0.717, 1.165) is 11.3 Å². The molecule has 1 heterocycles. The fraction of sp³-hybridized carbons (Fsp3) is 0.200. The number of hydrogen-bond acceptors (Lipinski definition) is 2. The highest BCUT2D eigenvalue weighted by Gasteiger charge is 2.48. The van der Waals surface area contributed by atoms with Gasteiger partial charge in [-0.1, -0.05) is 23.7 Å². The first-order valence-electron chi connectivity index (χ1n) is 6.28. The van der Waals surface area contributed by atoms with E-state index in [0.29, 0.717) is 17.0 Å². The summed E-state index contributed by atoms with van der Waals surface area (Å²) >= 11 is 6.20. The Labute approximate surface area is 120 Å². The van der Waals surface area contributed by atoms with E-state index in [2.05, 4.69) is 4.98 Å². The summed E-state index contributed by atoms with van der Waals surface area (Å²) in [5.74, 6) is -1.99. The van der Waals surface area contributed by atoms with Crippen molar-refractivity contribution in [3.05, 3.63) is 47.1 Å². The van der Waals surface area contributed by atoms with E-state index in [1.54, 1.807) is 24.4 Å². The lowest BCUT2D eigenvalue weighted by Crippen LogP contribution is -2.08. The first-order chi connectivity index (χ1) is 9.58. The standard InChI is InChI=1S/C15H12ClNO3/c16-12-6-8(14(18)10-7-11(10)15(19)20)3-4-9(12)13-2-1-5-17-13/h1-6,10-11,17H,7H2,(H,19,20)/t10-,11-/m0/s1. The van der Waals surface area contributed by atoms with E-state index in [1.807, 2.05) is 12.1 Å². The van der Waals surface area contributed by atoms with Crippen LogP contribution in [-0.4, -0.2) is 21.8 Å². The Morgan fingerprint density at radius 2 is 2.05 bits per heavy atom. The number of aromatic amines is 1. The second kappa shape index (κ2) is 4.80. The van der Waals surface area contributed by atoms with E-state index in [9.17, 15) is 9.59 Å². The number of carboxylic acids is 1. The lowest BCUT2D eigenvalue weighted by atomic mass is 10.0. The minimum absolute atomic E-state index is 0.141. The Morgan fingerprint density at radius 1 is 1.25 bits per heavy atom. The van der Waals surface area contributed by atoms with Crippen LogP contribution in [0.3, 0.4) is 0 Å². The van der Waals surface area contributed by atoms with Gasteiger partial charge >= 0.3 is 5.97 Å². The minimum atomic E-state index is -0.905. The van der Waals surface area contributed by atoms with Gasteiger partial charge in [-0.15, -0.1) is 0 Å². The van der Waals surface area contributed by atoms with Crippen molar-refractivity contribution in [1.82, 2.24) is 4.98 Å². The Bertz CT molecular complexity index is 678. The van der Waals surface area contributed by atoms with Crippen LogP contribution < -0.4 is 0 Å². The molecule has 0 saturated heterocycles. The van der Waals surface area contributed by atoms with Crippen LogP contribution in [0.5, 0.6) is 0 Å². The molecule has 4 nitrogen and oxygen atoms in total. The van der Waals surface area contributed by atoms with Gasteiger partial charge in [0, 0.05) is 28.9 Å². The van der Waals surface area contributed by atoms with Gasteiger partial charge in [-0.25, -0.2) is 0 Å². The maximum absolute atomic E-state index is 12.1. The monoisotopic (exact) mass is 289 g/mol. The van der Waals surface area contributed by atoms with Gasteiger partial charge in [-0.2, -0.15) is 0 Å². The first kappa shape index (κ1) is 12.9. The summed E-state index contributed by atoms with van der Waals surface area (Å²) < 4.78 is 0. The van der Waals surface area contributed by atoms with E-state index in [4.69, 9.17) is 16.7 Å². The molecule has 20 heavy (non-hydrogen) atoms. The summed E-state index contributed by atoms with van der Waals surface area (Å²) in [4.78, 5) is 26.0. The number of Topliss-reactive ketones (excluding diaryl/α,β-unsaturated/α-hetero) is 1. The summed E-state index contributed by atoms with van der Waals surface area (Å²) in [6.07, 6.45) is 2.22. The Kier molecular flexibility index (Phi) is 3.10. The van der Waals surface area contributed by atoms with Gasteiger partial charge in [0.25, 0.3) is 0 Å². The molecule has 1 saturated carbocycles. The molecule has 0 radical (unpaired) electrons. The normalized spacial score (nSPS) is 20.6. The van der Waals surface area contributed by atoms with Gasteiger partial charge in [-0.3, -0.25) is 9.59 Å². The number of H-pyrrole nitrogens is 1. The number of carbonyl (C=O) groups excluding carboxylic acids is 1. The molecule has 1 aromatic carbocycles. The SMILES string of the molecule is O=C(O)[C@H]1C[C@@H]1C(=O)c1ccc(-c2ccc[nH]2)c(Cl)c1. The molecule has 0 bridgehead atoms. The maximum atomic E-state index is 12.1. The van der Waals surface area contributed by atoms with E-state index in [-0.39, 0.29) is 5.78 Å². The average Bonchev–Trinajstić information content (AvgIpc) is 3.05. The summed E-state index contributed by atoms with van der Waals surface area (Å²) in [6.45, 7) is 0. The van der Waals surface area contributed by atoms with Crippen molar-refractivity contribution in [2.24, 2.45) is 11.8 Å². The van der Waals surface area contributed by atoms with Crippen LogP contribution in [0.4, 0.5) is 0 Å². The number of aliphatic carboxylic acids is 1. The van der Waals surface area contributed by atoms with E-state index >= 15 is 0 Å². The summed E-state index contributed by atoms with van der Waals surface area (Å²) in [5.41, 5.74) is 2.17. The number of benzene rings is 1. The molecule has 1 aliphatic rings. The van der Waals surface area contributed by atoms with Gasteiger partial charge in [-0.05, 0) is 24.6 Å². The van der Waals surface area contributed by atoms with Crippen molar-refractivity contribution in [2.45, 2.75) is 6.42 Å². The maximum Gasteiger partial charge on any atom is 0.307 e. The third kappa shape index (κ3) is 2.23. The number of halogens is 1. The highest BCUT2D eigenvalue weighted by atomic mass is 35.5. The molecular formula is C15H12ClNO3. The smallest absolute Gasteiger partial charge is 0.307 e. The number of hydrogen-bond donors (Lipinski definition) is 2. The van der Waals surface area contributed by atoms with Crippen molar-refractivity contribution >= 4 is 23.4 Å². The van der Waals surface area contributed by atoms with Crippen molar-refractivity contribution < 1.29 is 14.7 Å². The Hall–Kier alpha value is -2.07.